The van der Waals surface area contributed by atoms with Gasteiger partial charge in [0.25, 0.3) is 6.43 Å². The maximum Gasteiger partial charge on any atom is 0.340 e. The van der Waals surface area contributed by atoms with E-state index >= 15 is 0 Å². The van der Waals surface area contributed by atoms with Gasteiger partial charge in [0.2, 0.25) is 0 Å². The van der Waals surface area contributed by atoms with Crippen molar-refractivity contribution in [3.8, 4) is 0 Å². The van der Waals surface area contributed by atoms with Crippen LogP contribution in [0.1, 0.15) is 28.0 Å². The van der Waals surface area contributed by atoms with Gasteiger partial charge in [0, 0.05) is 10.9 Å². The Morgan fingerprint density at radius 2 is 2.25 bits per heavy atom. The Morgan fingerprint density at radius 1 is 1.62 bits per heavy atom. The number of halogens is 4. The lowest BCUT2D eigenvalue weighted by molar-refractivity contribution is 0.0585. The van der Waals surface area contributed by atoms with Crippen molar-refractivity contribution in [3.05, 3.63) is 28.8 Å². The van der Waals surface area contributed by atoms with E-state index in [4.69, 9.17) is 0 Å². The van der Waals surface area contributed by atoms with Gasteiger partial charge in [-0.05, 0) is 0 Å². The summed E-state index contributed by atoms with van der Waals surface area (Å²) in [6, 6.07) is 0. The molecule has 16 heavy (non-hydrogen) atoms. The van der Waals surface area contributed by atoms with Crippen LogP contribution in [0, 0.1) is 5.82 Å². The minimum Gasteiger partial charge on any atom is -0.465 e. The van der Waals surface area contributed by atoms with Gasteiger partial charge < -0.3 is 4.74 Å². The van der Waals surface area contributed by atoms with Crippen LogP contribution in [0.5, 0.6) is 0 Å². The Hall–Kier alpha value is -1.11. The molecule has 1 rings (SSSR count). The van der Waals surface area contributed by atoms with Gasteiger partial charge in [-0.3, -0.25) is 4.98 Å². The fourth-order valence-electron chi connectivity index (χ4n) is 1.17. The van der Waals surface area contributed by atoms with Crippen molar-refractivity contribution < 1.29 is 22.7 Å². The summed E-state index contributed by atoms with van der Waals surface area (Å²) in [5.74, 6) is -1.86. The van der Waals surface area contributed by atoms with Crippen LogP contribution < -0.4 is 0 Å². The average molecular weight is 298 g/mol. The molecule has 0 aromatic carbocycles. The third-order valence-electron chi connectivity index (χ3n) is 1.89. The number of hydrogen-bond donors (Lipinski definition) is 0. The van der Waals surface area contributed by atoms with Crippen LogP contribution in [-0.2, 0) is 10.1 Å². The second kappa shape index (κ2) is 5.29. The predicted molar refractivity (Wildman–Crippen MR) is 53.1 cm³/mol. The molecule has 1 aromatic heterocycles. The summed E-state index contributed by atoms with van der Waals surface area (Å²) < 4.78 is 42.7. The largest absolute Gasteiger partial charge is 0.465 e. The van der Waals surface area contributed by atoms with Crippen LogP contribution in [0.25, 0.3) is 0 Å². The molecule has 3 nitrogen and oxygen atoms in total. The van der Waals surface area contributed by atoms with E-state index in [9.17, 15) is 18.0 Å². The van der Waals surface area contributed by atoms with Crippen LogP contribution in [0.15, 0.2) is 6.20 Å². The Labute approximate surface area is 97.8 Å². The van der Waals surface area contributed by atoms with E-state index in [2.05, 4.69) is 25.7 Å². The Balaban J connectivity index is 3.47. The Bertz CT molecular complexity index is 412. The number of alkyl halides is 3. The van der Waals surface area contributed by atoms with Crippen LogP contribution in [0.4, 0.5) is 13.2 Å². The Kier molecular flexibility index (Phi) is 4.28. The molecule has 0 aliphatic carbocycles. The summed E-state index contributed by atoms with van der Waals surface area (Å²) in [5.41, 5.74) is -1.48. The van der Waals surface area contributed by atoms with E-state index < -0.39 is 29.5 Å². The van der Waals surface area contributed by atoms with Crippen molar-refractivity contribution in [2.45, 2.75) is 11.8 Å². The molecule has 0 bridgehead atoms. The molecule has 7 heteroatoms. The molecule has 0 fully saturated rings. The van der Waals surface area contributed by atoms with Gasteiger partial charge in [-0.2, -0.15) is 0 Å². The highest BCUT2D eigenvalue weighted by Crippen LogP contribution is 2.27. The first-order chi connectivity index (χ1) is 7.52. The van der Waals surface area contributed by atoms with Gasteiger partial charge in [-0.25, -0.2) is 18.0 Å². The lowest BCUT2D eigenvalue weighted by atomic mass is 10.1. The zero-order valence-corrected chi connectivity index (χ0v) is 9.72. The number of ether oxygens (including phenoxy) is 1. The van der Waals surface area contributed by atoms with Crippen LogP contribution in [0.3, 0.4) is 0 Å². The third-order valence-corrected chi connectivity index (χ3v) is 2.45. The zero-order valence-electron chi connectivity index (χ0n) is 8.14. The molecule has 0 amide bonds. The molecule has 0 unspecified atom stereocenters. The summed E-state index contributed by atoms with van der Waals surface area (Å²) in [7, 11) is 1.03. The molecule has 1 aromatic rings. The second-order valence-electron chi connectivity index (χ2n) is 2.77. The number of carbonyl (C=O) groups excluding carboxylic acids is 1. The number of methoxy groups -OCH3 is 1. The fourth-order valence-corrected chi connectivity index (χ4v) is 1.72. The number of nitrogens with zero attached hydrogens (tertiary/aromatic N) is 1. The van der Waals surface area contributed by atoms with Crippen molar-refractivity contribution >= 4 is 21.9 Å². The summed E-state index contributed by atoms with van der Waals surface area (Å²) >= 11 is 2.92. The third kappa shape index (κ3) is 2.34. The highest BCUT2D eigenvalue weighted by atomic mass is 79.9. The van der Waals surface area contributed by atoms with Gasteiger partial charge in [-0.1, -0.05) is 15.9 Å². The molecule has 0 saturated heterocycles. The molecule has 88 valence electrons. The SMILES string of the molecule is COC(=O)c1c(C(F)F)ncc(F)c1CBr. The van der Waals surface area contributed by atoms with Crippen molar-refractivity contribution in [2.75, 3.05) is 7.11 Å². The molecule has 1 heterocycles. The monoisotopic (exact) mass is 297 g/mol. The first kappa shape index (κ1) is 13.0. The number of rotatable bonds is 3. The van der Waals surface area contributed by atoms with Crippen LogP contribution in [0.2, 0.25) is 0 Å². The van der Waals surface area contributed by atoms with Gasteiger partial charge in [0.15, 0.2) is 0 Å². The normalized spacial score (nSPS) is 10.6. The van der Waals surface area contributed by atoms with E-state index in [1.54, 1.807) is 0 Å². The molecule has 0 radical (unpaired) electrons. The standard InChI is InChI=1S/C9H7BrF3NO2/c1-16-9(15)6-4(2-10)5(11)3-14-7(6)8(12)13/h3,8H,2H2,1H3. The lowest BCUT2D eigenvalue weighted by Crippen LogP contribution is -2.13. The highest BCUT2D eigenvalue weighted by molar-refractivity contribution is 9.08. The summed E-state index contributed by atoms with van der Waals surface area (Å²) in [6.07, 6.45) is -2.31. The minimum atomic E-state index is -2.97. The first-order valence-electron chi connectivity index (χ1n) is 4.12. The van der Waals surface area contributed by atoms with Crippen molar-refractivity contribution in [2.24, 2.45) is 0 Å². The molecule has 0 aliphatic heterocycles. The smallest absolute Gasteiger partial charge is 0.340 e. The average Bonchev–Trinajstić information content (AvgIpc) is 2.27. The molecule has 0 N–H and O–H groups in total. The molecular formula is C9H7BrF3NO2. The first-order valence-corrected chi connectivity index (χ1v) is 5.24. The van der Waals surface area contributed by atoms with Gasteiger partial charge >= 0.3 is 5.97 Å². The Morgan fingerprint density at radius 3 is 2.69 bits per heavy atom. The maximum absolute atomic E-state index is 13.2. The molecule has 0 atom stereocenters. The predicted octanol–water partition coefficient (Wildman–Crippen LogP) is 2.84. The quantitative estimate of drug-likeness (QED) is 0.636. The van der Waals surface area contributed by atoms with Crippen LogP contribution in [-0.4, -0.2) is 18.1 Å². The van der Waals surface area contributed by atoms with Crippen molar-refractivity contribution in [1.82, 2.24) is 4.98 Å². The number of pyridine rings is 1. The number of esters is 1. The molecule has 0 aliphatic rings. The molecular weight excluding hydrogens is 291 g/mol. The van der Waals surface area contributed by atoms with E-state index in [0.717, 1.165) is 7.11 Å². The van der Waals surface area contributed by atoms with E-state index in [1.165, 1.54) is 0 Å². The summed E-state index contributed by atoms with van der Waals surface area (Å²) in [5, 5.41) is -0.0779. The number of hydrogen-bond acceptors (Lipinski definition) is 3. The van der Waals surface area contributed by atoms with Gasteiger partial charge in [0.1, 0.15) is 11.5 Å². The minimum absolute atomic E-state index is 0.0779. The maximum atomic E-state index is 13.2. The van der Waals surface area contributed by atoms with Crippen molar-refractivity contribution in [1.29, 1.82) is 0 Å². The second-order valence-corrected chi connectivity index (χ2v) is 3.33. The highest BCUT2D eigenvalue weighted by Gasteiger charge is 2.26. The fraction of sp³-hybridized carbons (Fsp3) is 0.333. The topological polar surface area (TPSA) is 39.2 Å². The molecule has 0 spiro atoms. The van der Waals surface area contributed by atoms with Crippen LogP contribution >= 0.6 is 15.9 Å². The summed E-state index contributed by atoms with van der Waals surface area (Å²) in [6.45, 7) is 0. The number of aromatic nitrogens is 1. The lowest BCUT2D eigenvalue weighted by Gasteiger charge is -2.10. The van der Waals surface area contributed by atoms with Crippen molar-refractivity contribution in [3.63, 3.8) is 0 Å². The van der Waals surface area contributed by atoms with Gasteiger partial charge in [-0.15, -0.1) is 0 Å². The van der Waals surface area contributed by atoms with E-state index in [1.807, 2.05) is 0 Å². The molecule has 0 saturated carbocycles. The van der Waals surface area contributed by atoms with Gasteiger partial charge in [0.05, 0.1) is 18.9 Å². The zero-order chi connectivity index (χ0) is 12.3. The van der Waals surface area contributed by atoms with E-state index in [-0.39, 0.29) is 10.9 Å². The van der Waals surface area contributed by atoms with E-state index in [0.29, 0.717) is 6.20 Å². The summed E-state index contributed by atoms with van der Waals surface area (Å²) in [4.78, 5) is 14.5. The number of carbonyl (C=O) groups is 1.